The van der Waals surface area contributed by atoms with Gasteiger partial charge in [-0.3, -0.25) is 9.59 Å². The molecule has 7 heteroatoms. The molecule has 0 bridgehead atoms. The quantitative estimate of drug-likeness (QED) is 0.496. The number of hydrazone groups is 1. The van der Waals surface area contributed by atoms with Gasteiger partial charge in [-0.25, -0.2) is 5.43 Å². The number of carbonyl (C=O) groups is 2. The number of amides is 2. The van der Waals surface area contributed by atoms with Gasteiger partial charge in [-0.2, -0.15) is 5.10 Å². The third-order valence-electron chi connectivity index (χ3n) is 2.97. The van der Waals surface area contributed by atoms with E-state index in [1.54, 1.807) is 24.3 Å². The van der Waals surface area contributed by atoms with Crippen molar-refractivity contribution in [3.8, 4) is 0 Å². The summed E-state index contributed by atoms with van der Waals surface area (Å²) in [4.78, 5) is 23.0. The number of hydrogen-bond acceptors (Lipinski definition) is 4. The van der Waals surface area contributed by atoms with E-state index in [-0.39, 0.29) is 6.10 Å². The lowest BCUT2D eigenvalue weighted by Gasteiger charge is -2.09. The van der Waals surface area contributed by atoms with E-state index in [0.717, 1.165) is 18.4 Å². The maximum atomic E-state index is 11.5. The topological polar surface area (TPSA) is 79.8 Å². The Kier molecular flexibility index (Phi) is 5.71. The third kappa shape index (κ3) is 5.17. The van der Waals surface area contributed by atoms with Gasteiger partial charge in [0, 0.05) is 18.2 Å². The molecule has 0 aliphatic carbocycles. The van der Waals surface area contributed by atoms with Crippen molar-refractivity contribution in [2.75, 3.05) is 13.2 Å². The number of nitrogens with one attached hydrogen (secondary N) is 2. The van der Waals surface area contributed by atoms with Crippen LogP contribution in [0, 0.1) is 0 Å². The number of hydrogen-bond donors (Lipinski definition) is 2. The van der Waals surface area contributed by atoms with Crippen molar-refractivity contribution < 1.29 is 14.3 Å². The molecular weight excluding hydrogens is 294 g/mol. The van der Waals surface area contributed by atoms with E-state index in [1.807, 2.05) is 0 Å². The first-order valence-corrected chi connectivity index (χ1v) is 7.01. The molecule has 0 saturated carbocycles. The van der Waals surface area contributed by atoms with E-state index in [2.05, 4.69) is 15.8 Å². The zero-order valence-electron chi connectivity index (χ0n) is 11.3. The molecule has 1 heterocycles. The first-order valence-electron chi connectivity index (χ1n) is 6.63. The van der Waals surface area contributed by atoms with Crippen LogP contribution < -0.4 is 10.7 Å². The van der Waals surface area contributed by atoms with Crippen molar-refractivity contribution in [1.29, 1.82) is 0 Å². The fraction of sp³-hybridized carbons (Fsp3) is 0.357. The lowest BCUT2D eigenvalue weighted by atomic mass is 10.2. The van der Waals surface area contributed by atoms with E-state index in [4.69, 9.17) is 16.3 Å². The first-order chi connectivity index (χ1) is 10.1. The van der Waals surface area contributed by atoms with Gasteiger partial charge in [-0.15, -0.1) is 0 Å². The van der Waals surface area contributed by atoms with Gasteiger partial charge in [0.1, 0.15) is 0 Å². The molecule has 0 spiro atoms. The Morgan fingerprint density at radius 3 is 2.76 bits per heavy atom. The lowest BCUT2D eigenvalue weighted by molar-refractivity contribution is -0.139. The highest BCUT2D eigenvalue weighted by Gasteiger charge is 2.18. The van der Waals surface area contributed by atoms with Crippen LogP contribution in [0.3, 0.4) is 0 Å². The second-order valence-electron chi connectivity index (χ2n) is 4.60. The predicted octanol–water partition coefficient (Wildman–Crippen LogP) is 1.09. The van der Waals surface area contributed by atoms with Crippen molar-refractivity contribution in [3.05, 3.63) is 34.9 Å². The summed E-state index contributed by atoms with van der Waals surface area (Å²) in [5.74, 6) is -1.53. The van der Waals surface area contributed by atoms with Crippen LogP contribution in [0.15, 0.2) is 29.4 Å². The highest BCUT2D eigenvalue weighted by molar-refractivity contribution is 6.35. The third-order valence-corrected chi connectivity index (χ3v) is 3.22. The maximum absolute atomic E-state index is 11.5. The molecule has 1 aliphatic heterocycles. The fourth-order valence-corrected chi connectivity index (χ4v) is 1.98. The average Bonchev–Trinajstić information content (AvgIpc) is 3.00. The minimum atomic E-state index is -0.807. The zero-order valence-corrected chi connectivity index (χ0v) is 12.1. The molecule has 2 N–H and O–H groups in total. The summed E-state index contributed by atoms with van der Waals surface area (Å²) in [5, 5.41) is 6.84. The molecule has 6 nitrogen and oxygen atoms in total. The predicted molar refractivity (Wildman–Crippen MR) is 79.2 cm³/mol. The van der Waals surface area contributed by atoms with E-state index in [0.29, 0.717) is 18.2 Å². The molecular formula is C14H16ClN3O3. The molecule has 21 heavy (non-hydrogen) atoms. The lowest BCUT2D eigenvalue weighted by Crippen LogP contribution is -2.41. The van der Waals surface area contributed by atoms with Crippen molar-refractivity contribution in [1.82, 2.24) is 10.7 Å². The van der Waals surface area contributed by atoms with Gasteiger partial charge in [0.25, 0.3) is 0 Å². The van der Waals surface area contributed by atoms with E-state index in [9.17, 15) is 9.59 Å². The molecule has 1 atom stereocenters. The number of carbonyl (C=O) groups excluding carboxylic acids is 2. The number of rotatable bonds is 4. The second-order valence-corrected chi connectivity index (χ2v) is 5.03. The smallest absolute Gasteiger partial charge is 0.329 e. The molecule has 2 amide bonds. The van der Waals surface area contributed by atoms with Crippen LogP contribution in [-0.2, 0) is 14.3 Å². The minimum Gasteiger partial charge on any atom is -0.376 e. The Labute approximate surface area is 127 Å². The van der Waals surface area contributed by atoms with Gasteiger partial charge in [-0.05, 0) is 30.5 Å². The molecule has 1 aliphatic rings. The van der Waals surface area contributed by atoms with Crippen molar-refractivity contribution >= 4 is 29.6 Å². The molecule has 1 saturated heterocycles. The molecule has 1 aromatic rings. The standard InChI is InChI=1S/C14H16ClN3O3/c15-11-5-3-10(4-6-11)8-17-18-14(20)13(19)16-9-12-2-1-7-21-12/h3-6,8,12H,1-2,7,9H2,(H,16,19)(H,18,20)/b17-8-/t12-/m1/s1. The van der Waals surface area contributed by atoms with Crippen LogP contribution in [0.2, 0.25) is 5.02 Å². The monoisotopic (exact) mass is 309 g/mol. The average molecular weight is 310 g/mol. The van der Waals surface area contributed by atoms with Gasteiger partial charge in [-0.1, -0.05) is 23.7 Å². The number of ether oxygens (including phenoxy) is 1. The summed E-state index contributed by atoms with van der Waals surface area (Å²) in [5.41, 5.74) is 2.93. The second kappa shape index (κ2) is 7.75. The van der Waals surface area contributed by atoms with Crippen LogP contribution in [0.1, 0.15) is 18.4 Å². The van der Waals surface area contributed by atoms with Gasteiger partial charge in [0.15, 0.2) is 0 Å². The zero-order chi connectivity index (χ0) is 15.1. The molecule has 112 valence electrons. The van der Waals surface area contributed by atoms with Gasteiger partial charge in [0.2, 0.25) is 0 Å². The van der Waals surface area contributed by atoms with Crippen LogP contribution >= 0.6 is 11.6 Å². The van der Waals surface area contributed by atoms with Gasteiger partial charge < -0.3 is 10.1 Å². The maximum Gasteiger partial charge on any atom is 0.329 e. The summed E-state index contributed by atoms with van der Waals surface area (Å²) in [6.45, 7) is 1.05. The molecule has 1 fully saturated rings. The van der Waals surface area contributed by atoms with Crippen LogP contribution in [-0.4, -0.2) is 37.3 Å². The molecule has 2 rings (SSSR count). The van der Waals surface area contributed by atoms with Gasteiger partial charge in [0.05, 0.1) is 12.3 Å². The summed E-state index contributed by atoms with van der Waals surface area (Å²) >= 11 is 5.75. The Morgan fingerprint density at radius 1 is 1.33 bits per heavy atom. The van der Waals surface area contributed by atoms with Gasteiger partial charge >= 0.3 is 11.8 Å². The number of nitrogens with zero attached hydrogens (tertiary/aromatic N) is 1. The Morgan fingerprint density at radius 2 is 2.10 bits per heavy atom. The summed E-state index contributed by atoms with van der Waals surface area (Å²) < 4.78 is 5.34. The Hall–Kier alpha value is -1.92. The normalized spacial score (nSPS) is 17.9. The highest BCUT2D eigenvalue weighted by atomic mass is 35.5. The highest BCUT2D eigenvalue weighted by Crippen LogP contribution is 2.10. The van der Waals surface area contributed by atoms with Crippen LogP contribution in [0.5, 0.6) is 0 Å². The number of benzene rings is 1. The molecule has 0 radical (unpaired) electrons. The van der Waals surface area contributed by atoms with E-state index >= 15 is 0 Å². The Balaban J connectivity index is 1.72. The summed E-state index contributed by atoms with van der Waals surface area (Å²) in [6.07, 6.45) is 3.32. The van der Waals surface area contributed by atoms with Crippen molar-refractivity contribution in [2.24, 2.45) is 5.10 Å². The summed E-state index contributed by atoms with van der Waals surface area (Å²) in [6, 6.07) is 6.91. The fourth-order valence-electron chi connectivity index (χ4n) is 1.86. The minimum absolute atomic E-state index is 0.000631. The van der Waals surface area contributed by atoms with E-state index in [1.165, 1.54) is 6.21 Å². The van der Waals surface area contributed by atoms with Crippen molar-refractivity contribution in [2.45, 2.75) is 18.9 Å². The van der Waals surface area contributed by atoms with E-state index < -0.39 is 11.8 Å². The molecule has 0 unspecified atom stereocenters. The molecule has 1 aromatic carbocycles. The SMILES string of the molecule is O=C(NC[C@H]1CCCO1)C(=O)N/N=C\c1ccc(Cl)cc1. The Bertz CT molecular complexity index is 525. The summed E-state index contributed by atoms with van der Waals surface area (Å²) in [7, 11) is 0. The van der Waals surface area contributed by atoms with Crippen LogP contribution in [0.4, 0.5) is 0 Å². The van der Waals surface area contributed by atoms with Crippen molar-refractivity contribution in [3.63, 3.8) is 0 Å². The molecule has 0 aromatic heterocycles. The largest absolute Gasteiger partial charge is 0.376 e. The number of halogens is 1. The van der Waals surface area contributed by atoms with Crippen LogP contribution in [0.25, 0.3) is 0 Å². The first kappa shape index (κ1) is 15.5.